The second kappa shape index (κ2) is 7.45. The Kier molecular flexibility index (Phi) is 5.36. The minimum absolute atomic E-state index is 0.285. The van der Waals surface area contributed by atoms with E-state index in [-0.39, 0.29) is 12.4 Å². The van der Waals surface area contributed by atoms with Crippen LogP contribution < -0.4 is 9.47 Å². The zero-order chi connectivity index (χ0) is 16.8. The van der Waals surface area contributed by atoms with Gasteiger partial charge in [-0.2, -0.15) is 0 Å². The summed E-state index contributed by atoms with van der Waals surface area (Å²) < 4.78 is 15.3. The standard InChI is InChI=1S/C18H18O5/c1-12-4-9-17(22-3)15(10-12)18(20)23-11-16(19)13-5-7-14(21-2)8-6-13/h4-10H,11H2,1-3H3. The minimum atomic E-state index is -0.590. The van der Waals surface area contributed by atoms with E-state index in [1.807, 2.05) is 13.0 Å². The summed E-state index contributed by atoms with van der Waals surface area (Å²) in [5.74, 6) is 0.195. The van der Waals surface area contributed by atoms with E-state index >= 15 is 0 Å². The highest BCUT2D eigenvalue weighted by Gasteiger charge is 2.16. The van der Waals surface area contributed by atoms with E-state index in [4.69, 9.17) is 14.2 Å². The molecule has 0 saturated carbocycles. The van der Waals surface area contributed by atoms with Crippen LogP contribution in [0.5, 0.6) is 11.5 Å². The summed E-state index contributed by atoms with van der Waals surface area (Å²) in [6.07, 6.45) is 0. The third-order valence-electron chi connectivity index (χ3n) is 3.32. The number of carbonyl (C=O) groups excluding carboxylic acids is 2. The molecule has 0 bridgehead atoms. The minimum Gasteiger partial charge on any atom is -0.497 e. The molecule has 23 heavy (non-hydrogen) atoms. The van der Waals surface area contributed by atoms with Crippen molar-refractivity contribution >= 4 is 11.8 Å². The molecule has 0 unspecified atom stereocenters. The molecule has 0 aliphatic carbocycles. The number of rotatable bonds is 6. The first-order chi connectivity index (χ1) is 11.0. The lowest BCUT2D eigenvalue weighted by Crippen LogP contribution is -2.15. The molecule has 120 valence electrons. The van der Waals surface area contributed by atoms with E-state index in [1.54, 1.807) is 43.5 Å². The number of aryl methyl sites for hydroxylation is 1. The fourth-order valence-electron chi connectivity index (χ4n) is 2.05. The Hall–Kier alpha value is -2.82. The fourth-order valence-corrected chi connectivity index (χ4v) is 2.05. The van der Waals surface area contributed by atoms with Gasteiger partial charge in [0.1, 0.15) is 17.1 Å². The number of esters is 1. The normalized spacial score (nSPS) is 10.0. The second-order valence-corrected chi connectivity index (χ2v) is 4.93. The van der Waals surface area contributed by atoms with Gasteiger partial charge in [0.2, 0.25) is 0 Å². The van der Waals surface area contributed by atoms with Crippen LogP contribution in [0.4, 0.5) is 0 Å². The lowest BCUT2D eigenvalue weighted by Gasteiger charge is -2.09. The van der Waals surface area contributed by atoms with E-state index in [9.17, 15) is 9.59 Å². The molecule has 0 amide bonds. The summed E-state index contributed by atoms with van der Waals surface area (Å²) in [6, 6.07) is 11.8. The molecule has 0 spiro atoms. The molecule has 0 fully saturated rings. The van der Waals surface area contributed by atoms with Crippen molar-refractivity contribution in [1.29, 1.82) is 0 Å². The Bertz CT molecular complexity index is 704. The Balaban J connectivity index is 2.03. The zero-order valence-corrected chi connectivity index (χ0v) is 13.3. The first-order valence-corrected chi connectivity index (χ1v) is 7.04. The fraction of sp³-hybridized carbons (Fsp3) is 0.222. The number of benzene rings is 2. The third-order valence-corrected chi connectivity index (χ3v) is 3.32. The molecule has 0 atom stereocenters. The SMILES string of the molecule is COc1ccc(C(=O)COC(=O)c2cc(C)ccc2OC)cc1. The number of hydrogen-bond acceptors (Lipinski definition) is 5. The van der Waals surface area contributed by atoms with E-state index in [0.717, 1.165) is 5.56 Å². The molecular weight excluding hydrogens is 296 g/mol. The summed E-state index contributed by atoms with van der Waals surface area (Å²) in [5, 5.41) is 0. The molecule has 0 aliphatic rings. The molecule has 0 N–H and O–H groups in total. The van der Waals surface area contributed by atoms with E-state index in [1.165, 1.54) is 7.11 Å². The monoisotopic (exact) mass is 314 g/mol. The summed E-state index contributed by atoms with van der Waals surface area (Å²) in [4.78, 5) is 24.2. The van der Waals surface area contributed by atoms with Crippen molar-refractivity contribution in [3.8, 4) is 11.5 Å². The number of ether oxygens (including phenoxy) is 3. The second-order valence-electron chi connectivity index (χ2n) is 4.93. The molecule has 5 nitrogen and oxygen atoms in total. The topological polar surface area (TPSA) is 61.8 Å². The van der Waals surface area contributed by atoms with Gasteiger partial charge in [0.15, 0.2) is 12.4 Å². The van der Waals surface area contributed by atoms with Gasteiger partial charge < -0.3 is 14.2 Å². The van der Waals surface area contributed by atoms with Crippen molar-refractivity contribution in [2.45, 2.75) is 6.92 Å². The van der Waals surface area contributed by atoms with E-state index in [0.29, 0.717) is 22.6 Å². The molecule has 2 aromatic rings. The van der Waals surface area contributed by atoms with Crippen LogP contribution in [0.3, 0.4) is 0 Å². The zero-order valence-electron chi connectivity index (χ0n) is 13.3. The number of Topliss-reactive ketones (excluding diaryl/α,β-unsaturated/α-hetero) is 1. The highest BCUT2D eigenvalue weighted by molar-refractivity contribution is 6.00. The number of carbonyl (C=O) groups is 2. The van der Waals surface area contributed by atoms with Gasteiger partial charge in [-0.15, -0.1) is 0 Å². The lowest BCUT2D eigenvalue weighted by molar-refractivity contribution is 0.0471. The van der Waals surface area contributed by atoms with Crippen LogP contribution in [-0.4, -0.2) is 32.6 Å². The molecule has 0 saturated heterocycles. The quantitative estimate of drug-likeness (QED) is 0.606. The van der Waals surface area contributed by atoms with Crippen LogP contribution in [0.15, 0.2) is 42.5 Å². The predicted octanol–water partition coefficient (Wildman–Crippen LogP) is 3.05. The summed E-state index contributed by atoms with van der Waals surface area (Å²) in [5.41, 5.74) is 1.66. The molecule has 2 rings (SSSR count). The van der Waals surface area contributed by atoms with Crippen molar-refractivity contribution in [2.24, 2.45) is 0 Å². The first kappa shape index (κ1) is 16.5. The first-order valence-electron chi connectivity index (χ1n) is 7.04. The van der Waals surface area contributed by atoms with Gasteiger partial charge >= 0.3 is 5.97 Å². The maximum absolute atomic E-state index is 12.1. The van der Waals surface area contributed by atoms with Crippen molar-refractivity contribution in [3.63, 3.8) is 0 Å². The molecule has 5 heteroatoms. The summed E-state index contributed by atoms with van der Waals surface area (Å²) in [7, 11) is 3.03. The largest absolute Gasteiger partial charge is 0.497 e. The van der Waals surface area contributed by atoms with Gasteiger partial charge in [0.25, 0.3) is 0 Å². The molecule has 0 aliphatic heterocycles. The predicted molar refractivity (Wildman–Crippen MR) is 85.3 cm³/mol. The molecule has 0 radical (unpaired) electrons. The number of hydrogen-bond donors (Lipinski definition) is 0. The van der Waals surface area contributed by atoms with Crippen molar-refractivity contribution < 1.29 is 23.8 Å². The highest BCUT2D eigenvalue weighted by Crippen LogP contribution is 2.20. The number of methoxy groups -OCH3 is 2. The van der Waals surface area contributed by atoms with Gasteiger partial charge in [-0.05, 0) is 43.3 Å². The Labute approximate surface area is 134 Å². The molecule has 2 aromatic carbocycles. The average Bonchev–Trinajstić information content (AvgIpc) is 2.59. The Morgan fingerprint density at radius 3 is 2.26 bits per heavy atom. The summed E-state index contributed by atoms with van der Waals surface area (Å²) >= 11 is 0. The maximum Gasteiger partial charge on any atom is 0.342 e. The third kappa shape index (κ3) is 4.10. The van der Waals surface area contributed by atoms with Gasteiger partial charge in [0.05, 0.1) is 14.2 Å². The van der Waals surface area contributed by atoms with Crippen LogP contribution in [0.2, 0.25) is 0 Å². The average molecular weight is 314 g/mol. The van der Waals surface area contributed by atoms with Crippen molar-refractivity contribution in [3.05, 3.63) is 59.2 Å². The smallest absolute Gasteiger partial charge is 0.342 e. The van der Waals surface area contributed by atoms with Gasteiger partial charge in [-0.25, -0.2) is 4.79 Å². The van der Waals surface area contributed by atoms with Crippen LogP contribution in [0.25, 0.3) is 0 Å². The van der Waals surface area contributed by atoms with Crippen LogP contribution >= 0.6 is 0 Å². The van der Waals surface area contributed by atoms with Gasteiger partial charge in [-0.1, -0.05) is 11.6 Å². The molecular formula is C18H18O5. The van der Waals surface area contributed by atoms with Gasteiger partial charge in [-0.3, -0.25) is 4.79 Å². The van der Waals surface area contributed by atoms with E-state index < -0.39 is 5.97 Å². The van der Waals surface area contributed by atoms with E-state index in [2.05, 4.69) is 0 Å². The Morgan fingerprint density at radius 1 is 0.957 bits per heavy atom. The van der Waals surface area contributed by atoms with Crippen LogP contribution in [0, 0.1) is 6.92 Å². The van der Waals surface area contributed by atoms with Crippen molar-refractivity contribution in [2.75, 3.05) is 20.8 Å². The Morgan fingerprint density at radius 2 is 1.65 bits per heavy atom. The van der Waals surface area contributed by atoms with Crippen LogP contribution in [0.1, 0.15) is 26.3 Å². The number of ketones is 1. The summed E-state index contributed by atoms with van der Waals surface area (Å²) in [6.45, 7) is 1.53. The highest BCUT2D eigenvalue weighted by atomic mass is 16.5. The van der Waals surface area contributed by atoms with Crippen LogP contribution in [-0.2, 0) is 4.74 Å². The lowest BCUT2D eigenvalue weighted by atomic mass is 10.1. The maximum atomic E-state index is 12.1. The molecule has 0 aromatic heterocycles. The van der Waals surface area contributed by atoms with Gasteiger partial charge in [0, 0.05) is 5.56 Å². The van der Waals surface area contributed by atoms with Crippen molar-refractivity contribution in [1.82, 2.24) is 0 Å². The molecule has 0 heterocycles.